The van der Waals surface area contributed by atoms with E-state index >= 15 is 0 Å². The van der Waals surface area contributed by atoms with Crippen LogP contribution in [-0.4, -0.2) is 36.6 Å². The first-order chi connectivity index (χ1) is 9.33. The number of piperidine rings is 1. The standard InChI is InChI=1S/C18H36N2/c1-14(2)8-9-19-16-10-15(11-18(3,4)5)12-20(13-16)17-6-7-17/h14-17,19H,6-13H2,1-5H3. The van der Waals surface area contributed by atoms with Gasteiger partial charge in [-0.15, -0.1) is 0 Å². The average molecular weight is 280 g/mol. The molecule has 2 rings (SSSR count). The predicted octanol–water partition coefficient (Wildman–Crippen LogP) is 3.91. The highest BCUT2D eigenvalue weighted by atomic mass is 15.2. The lowest BCUT2D eigenvalue weighted by molar-refractivity contribution is 0.107. The number of nitrogens with one attached hydrogen (secondary N) is 1. The molecule has 0 aromatic heterocycles. The third kappa shape index (κ3) is 5.73. The van der Waals surface area contributed by atoms with E-state index in [-0.39, 0.29) is 0 Å². The summed E-state index contributed by atoms with van der Waals surface area (Å²) in [5.74, 6) is 1.71. The van der Waals surface area contributed by atoms with Gasteiger partial charge in [0.25, 0.3) is 0 Å². The zero-order chi connectivity index (χ0) is 14.8. The molecule has 0 radical (unpaired) electrons. The highest BCUT2D eigenvalue weighted by Gasteiger charge is 2.36. The third-order valence-corrected chi connectivity index (χ3v) is 4.68. The lowest BCUT2D eigenvalue weighted by atomic mass is 9.80. The van der Waals surface area contributed by atoms with Crippen LogP contribution in [0, 0.1) is 17.3 Å². The van der Waals surface area contributed by atoms with Crippen molar-refractivity contribution >= 4 is 0 Å². The van der Waals surface area contributed by atoms with Crippen LogP contribution in [0.1, 0.15) is 66.7 Å². The first kappa shape index (κ1) is 16.3. The Balaban J connectivity index is 1.83. The molecule has 1 saturated carbocycles. The Morgan fingerprint density at radius 3 is 2.40 bits per heavy atom. The summed E-state index contributed by atoms with van der Waals surface area (Å²) in [5, 5.41) is 3.84. The lowest BCUT2D eigenvalue weighted by Gasteiger charge is -2.40. The maximum absolute atomic E-state index is 3.84. The molecule has 0 aromatic rings. The number of rotatable bonds is 6. The normalized spacial score (nSPS) is 29.1. The molecule has 2 fully saturated rings. The van der Waals surface area contributed by atoms with Crippen LogP contribution in [0.5, 0.6) is 0 Å². The minimum Gasteiger partial charge on any atom is -0.313 e. The molecular weight excluding hydrogens is 244 g/mol. The number of likely N-dealkylation sites (tertiary alicyclic amines) is 1. The smallest absolute Gasteiger partial charge is 0.0198 e. The van der Waals surface area contributed by atoms with Gasteiger partial charge in [-0.1, -0.05) is 34.6 Å². The first-order valence-electron chi connectivity index (χ1n) is 8.81. The molecule has 1 saturated heterocycles. The summed E-state index contributed by atoms with van der Waals surface area (Å²) in [4.78, 5) is 2.78. The Morgan fingerprint density at radius 1 is 1.15 bits per heavy atom. The zero-order valence-corrected chi connectivity index (χ0v) is 14.4. The summed E-state index contributed by atoms with van der Waals surface area (Å²) >= 11 is 0. The molecule has 118 valence electrons. The Morgan fingerprint density at radius 2 is 1.85 bits per heavy atom. The Hall–Kier alpha value is -0.0800. The maximum atomic E-state index is 3.84. The van der Waals surface area contributed by atoms with E-state index in [1.54, 1.807) is 0 Å². The number of nitrogens with zero attached hydrogens (tertiary/aromatic N) is 1. The second kappa shape index (κ2) is 6.79. The molecule has 2 nitrogen and oxygen atoms in total. The van der Waals surface area contributed by atoms with Gasteiger partial charge in [0.1, 0.15) is 0 Å². The van der Waals surface area contributed by atoms with E-state index in [0.29, 0.717) is 5.41 Å². The summed E-state index contributed by atoms with van der Waals surface area (Å²) in [6.45, 7) is 15.7. The van der Waals surface area contributed by atoms with Crippen LogP contribution in [0.4, 0.5) is 0 Å². The Kier molecular flexibility index (Phi) is 5.53. The van der Waals surface area contributed by atoms with Crippen LogP contribution in [-0.2, 0) is 0 Å². The van der Waals surface area contributed by atoms with Crippen LogP contribution in [0.15, 0.2) is 0 Å². The minimum atomic E-state index is 0.472. The van der Waals surface area contributed by atoms with Gasteiger partial charge in [-0.25, -0.2) is 0 Å². The SMILES string of the molecule is CC(C)CCNC1CC(CC(C)(C)C)CN(C2CC2)C1. The van der Waals surface area contributed by atoms with Crippen molar-refractivity contribution in [3.8, 4) is 0 Å². The largest absolute Gasteiger partial charge is 0.313 e. The monoisotopic (exact) mass is 280 g/mol. The van der Waals surface area contributed by atoms with Crippen molar-refractivity contribution < 1.29 is 0 Å². The predicted molar refractivity (Wildman–Crippen MR) is 88.0 cm³/mol. The molecule has 0 amide bonds. The molecule has 2 atom stereocenters. The Bertz CT molecular complexity index is 288. The highest BCUT2D eigenvalue weighted by Crippen LogP contribution is 2.35. The van der Waals surface area contributed by atoms with E-state index in [2.05, 4.69) is 44.8 Å². The van der Waals surface area contributed by atoms with E-state index in [1.165, 1.54) is 51.7 Å². The second-order valence-corrected chi connectivity index (χ2v) is 8.89. The van der Waals surface area contributed by atoms with E-state index in [0.717, 1.165) is 23.9 Å². The van der Waals surface area contributed by atoms with Crippen LogP contribution < -0.4 is 5.32 Å². The molecule has 2 heteroatoms. The van der Waals surface area contributed by atoms with Crippen LogP contribution in [0.25, 0.3) is 0 Å². The molecule has 2 unspecified atom stereocenters. The summed E-state index contributed by atoms with van der Waals surface area (Å²) in [5.41, 5.74) is 0.472. The van der Waals surface area contributed by atoms with Gasteiger partial charge in [0.2, 0.25) is 0 Å². The summed E-state index contributed by atoms with van der Waals surface area (Å²) in [7, 11) is 0. The molecule has 0 aromatic carbocycles. The molecule has 2 aliphatic rings. The van der Waals surface area contributed by atoms with Gasteiger partial charge < -0.3 is 5.32 Å². The van der Waals surface area contributed by atoms with Crippen molar-refractivity contribution in [2.45, 2.75) is 78.8 Å². The minimum absolute atomic E-state index is 0.472. The Labute approximate surface area is 126 Å². The fourth-order valence-electron chi connectivity index (χ4n) is 3.72. The summed E-state index contributed by atoms with van der Waals surface area (Å²) in [6.07, 6.45) is 6.96. The quantitative estimate of drug-likeness (QED) is 0.793. The maximum Gasteiger partial charge on any atom is 0.0198 e. The van der Waals surface area contributed by atoms with Gasteiger partial charge >= 0.3 is 0 Å². The van der Waals surface area contributed by atoms with Gasteiger partial charge in [0.05, 0.1) is 0 Å². The van der Waals surface area contributed by atoms with Gasteiger partial charge in [-0.2, -0.15) is 0 Å². The van der Waals surface area contributed by atoms with Crippen molar-refractivity contribution in [1.82, 2.24) is 10.2 Å². The van der Waals surface area contributed by atoms with E-state index in [9.17, 15) is 0 Å². The molecule has 0 spiro atoms. The molecular formula is C18H36N2. The van der Waals surface area contributed by atoms with Gasteiger partial charge in [0, 0.05) is 25.2 Å². The van der Waals surface area contributed by atoms with Crippen molar-refractivity contribution in [2.24, 2.45) is 17.3 Å². The van der Waals surface area contributed by atoms with Gasteiger partial charge in [-0.3, -0.25) is 4.90 Å². The van der Waals surface area contributed by atoms with E-state index in [4.69, 9.17) is 0 Å². The van der Waals surface area contributed by atoms with Crippen LogP contribution in [0.2, 0.25) is 0 Å². The van der Waals surface area contributed by atoms with Crippen molar-refractivity contribution in [1.29, 1.82) is 0 Å². The molecule has 1 heterocycles. The number of hydrogen-bond donors (Lipinski definition) is 1. The van der Waals surface area contributed by atoms with E-state index < -0.39 is 0 Å². The topological polar surface area (TPSA) is 15.3 Å². The third-order valence-electron chi connectivity index (χ3n) is 4.68. The van der Waals surface area contributed by atoms with Crippen molar-refractivity contribution in [3.63, 3.8) is 0 Å². The molecule has 1 N–H and O–H groups in total. The lowest BCUT2D eigenvalue weighted by Crippen LogP contribution is -2.50. The second-order valence-electron chi connectivity index (χ2n) is 8.89. The molecule has 0 bridgehead atoms. The first-order valence-corrected chi connectivity index (χ1v) is 8.81. The zero-order valence-electron chi connectivity index (χ0n) is 14.4. The van der Waals surface area contributed by atoms with Gasteiger partial charge in [0.15, 0.2) is 0 Å². The average Bonchev–Trinajstić information content (AvgIpc) is 3.09. The van der Waals surface area contributed by atoms with Crippen molar-refractivity contribution in [2.75, 3.05) is 19.6 Å². The van der Waals surface area contributed by atoms with Crippen LogP contribution >= 0.6 is 0 Å². The molecule has 20 heavy (non-hydrogen) atoms. The van der Waals surface area contributed by atoms with Crippen molar-refractivity contribution in [3.05, 3.63) is 0 Å². The van der Waals surface area contributed by atoms with Gasteiger partial charge in [-0.05, 0) is 55.9 Å². The number of hydrogen-bond acceptors (Lipinski definition) is 2. The highest BCUT2D eigenvalue weighted by molar-refractivity contribution is 4.93. The molecule has 1 aliphatic carbocycles. The molecule has 1 aliphatic heterocycles. The summed E-state index contributed by atoms with van der Waals surface area (Å²) < 4.78 is 0. The van der Waals surface area contributed by atoms with E-state index in [1.807, 2.05) is 0 Å². The fourth-order valence-corrected chi connectivity index (χ4v) is 3.72. The van der Waals surface area contributed by atoms with Crippen LogP contribution in [0.3, 0.4) is 0 Å². The fraction of sp³-hybridized carbons (Fsp3) is 1.00. The summed E-state index contributed by atoms with van der Waals surface area (Å²) in [6, 6.07) is 1.66.